The van der Waals surface area contributed by atoms with E-state index in [0.29, 0.717) is 11.3 Å². The van der Waals surface area contributed by atoms with Gasteiger partial charge in [-0.1, -0.05) is 45.2 Å². The second-order valence-corrected chi connectivity index (χ2v) is 5.06. The van der Waals surface area contributed by atoms with E-state index in [2.05, 4.69) is 61.2 Å². The second kappa shape index (κ2) is 5.97. The van der Waals surface area contributed by atoms with Crippen LogP contribution in [0.3, 0.4) is 0 Å². The molecule has 2 aromatic rings. The molecule has 0 saturated carbocycles. The fourth-order valence-corrected chi connectivity index (χ4v) is 2.85. The zero-order valence-electron chi connectivity index (χ0n) is 9.57. The van der Waals surface area contributed by atoms with Crippen molar-refractivity contribution in [2.45, 2.75) is 8.86 Å². The average Bonchev–Trinajstić information content (AvgIpc) is 2.43. The largest absolute Gasteiger partial charge is 0.495 e. The maximum Gasteiger partial charge on any atom is 0.138 e. The number of methoxy groups -OCH3 is 1. The molecule has 6 heteroatoms. The predicted octanol–water partition coefficient (Wildman–Crippen LogP) is 3.38. The van der Waals surface area contributed by atoms with E-state index < -0.39 is 0 Å². The summed E-state index contributed by atoms with van der Waals surface area (Å²) >= 11 is 4.55. The van der Waals surface area contributed by atoms with Gasteiger partial charge >= 0.3 is 0 Å². The summed E-state index contributed by atoms with van der Waals surface area (Å²) in [6.45, 7) is 0. The van der Waals surface area contributed by atoms with E-state index in [-0.39, 0.29) is 0 Å². The first kappa shape index (κ1) is 13.7. The molecule has 92 valence electrons. The van der Waals surface area contributed by atoms with Crippen molar-refractivity contribution in [2.24, 2.45) is 0 Å². The minimum absolute atomic E-state index is 0.487. The van der Waals surface area contributed by atoms with Gasteiger partial charge in [-0.2, -0.15) is 5.26 Å². The molecule has 0 aliphatic carbocycles. The third-order valence-electron chi connectivity index (χ3n) is 2.51. The van der Waals surface area contributed by atoms with Gasteiger partial charge in [0.1, 0.15) is 11.8 Å². The number of halogens is 2. The molecular weight excluding hydrogens is 456 g/mol. The van der Waals surface area contributed by atoms with Crippen LogP contribution >= 0.6 is 45.2 Å². The Morgan fingerprint density at radius 1 is 1.17 bits per heavy atom. The van der Waals surface area contributed by atoms with Crippen molar-refractivity contribution in [3.05, 3.63) is 29.1 Å². The van der Waals surface area contributed by atoms with Gasteiger partial charge in [0, 0.05) is 14.9 Å². The normalized spacial score (nSPS) is 10.3. The maximum absolute atomic E-state index is 9.06. The molecule has 0 N–H and O–H groups in total. The van der Waals surface area contributed by atoms with Crippen molar-refractivity contribution in [1.29, 1.82) is 5.26 Å². The van der Waals surface area contributed by atoms with Crippen LogP contribution < -0.4 is 4.74 Å². The summed E-state index contributed by atoms with van der Waals surface area (Å²) in [7, 11) is 1.55. The second-order valence-electron chi connectivity index (χ2n) is 3.54. The standard InChI is InChI=1S/C12H9I2N3O/c1-18-12-3-9-8(2-7(12)6-15)16-10(4-13)11(5-14)17-9/h2-3H,4-5H2,1H3. The molecule has 0 bridgehead atoms. The Morgan fingerprint density at radius 3 is 2.17 bits per heavy atom. The van der Waals surface area contributed by atoms with Crippen LogP contribution in [0.5, 0.6) is 5.75 Å². The smallest absolute Gasteiger partial charge is 0.138 e. The molecule has 0 amide bonds. The van der Waals surface area contributed by atoms with Crippen LogP contribution in [-0.2, 0) is 8.86 Å². The van der Waals surface area contributed by atoms with Crippen LogP contribution in [0.4, 0.5) is 0 Å². The van der Waals surface area contributed by atoms with Crippen LogP contribution in [0.2, 0.25) is 0 Å². The number of benzene rings is 1. The topological polar surface area (TPSA) is 58.8 Å². The van der Waals surface area contributed by atoms with E-state index in [0.717, 1.165) is 31.3 Å². The highest BCUT2D eigenvalue weighted by Gasteiger charge is 2.11. The highest BCUT2D eigenvalue weighted by molar-refractivity contribution is 14.1. The number of hydrogen-bond donors (Lipinski definition) is 0. The Morgan fingerprint density at radius 2 is 1.72 bits per heavy atom. The van der Waals surface area contributed by atoms with E-state index in [1.54, 1.807) is 19.2 Å². The van der Waals surface area contributed by atoms with Gasteiger partial charge in [-0.25, -0.2) is 9.97 Å². The molecule has 1 aromatic carbocycles. The van der Waals surface area contributed by atoms with Crippen LogP contribution in [-0.4, -0.2) is 17.1 Å². The molecule has 0 fully saturated rings. The molecule has 1 aromatic heterocycles. The van der Waals surface area contributed by atoms with Gasteiger partial charge in [0.2, 0.25) is 0 Å². The lowest BCUT2D eigenvalue weighted by Gasteiger charge is -2.08. The number of nitriles is 1. The van der Waals surface area contributed by atoms with Gasteiger partial charge in [-0.05, 0) is 6.07 Å². The third kappa shape index (κ3) is 2.51. The molecule has 0 atom stereocenters. The average molecular weight is 465 g/mol. The molecule has 0 aliphatic rings. The van der Waals surface area contributed by atoms with Crippen LogP contribution in [0.15, 0.2) is 12.1 Å². The first-order valence-corrected chi connectivity index (χ1v) is 8.18. The summed E-state index contributed by atoms with van der Waals surface area (Å²) in [5.74, 6) is 0.543. The Balaban J connectivity index is 2.74. The molecule has 0 spiro atoms. The van der Waals surface area contributed by atoms with Crippen LogP contribution in [0, 0.1) is 11.3 Å². The number of alkyl halides is 2. The maximum atomic E-state index is 9.06. The molecule has 2 rings (SSSR count). The summed E-state index contributed by atoms with van der Waals surface area (Å²) in [5, 5.41) is 9.06. The zero-order chi connectivity index (χ0) is 13.1. The molecule has 18 heavy (non-hydrogen) atoms. The number of rotatable bonds is 3. The lowest BCUT2D eigenvalue weighted by molar-refractivity contribution is 0.414. The van der Waals surface area contributed by atoms with E-state index in [1.807, 2.05) is 0 Å². The van der Waals surface area contributed by atoms with Gasteiger partial charge < -0.3 is 4.74 Å². The highest BCUT2D eigenvalue weighted by Crippen LogP contribution is 2.25. The highest BCUT2D eigenvalue weighted by atomic mass is 127. The van der Waals surface area contributed by atoms with Gasteiger partial charge in [-0.15, -0.1) is 0 Å². The van der Waals surface area contributed by atoms with Crippen molar-refractivity contribution in [3.8, 4) is 11.8 Å². The molecule has 1 heterocycles. The van der Waals surface area contributed by atoms with Gasteiger partial charge in [0.05, 0.1) is 35.1 Å². The van der Waals surface area contributed by atoms with Crippen molar-refractivity contribution in [1.82, 2.24) is 9.97 Å². The lowest BCUT2D eigenvalue weighted by Crippen LogP contribution is -1.99. The number of ether oxygens (including phenoxy) is 1. The van der Waals surface area contributed by atoms with E-state index in [4.69, 9.17) is 10.00 Å². The van der Waals surface area contributed by atoms with E-state index in [9.17, 15) is 0 Å². The van der Waals surface area contributed by atoms with Crippen molar-refractivity contribution in [3.63, 3.8) is 0 Å². The summed E-state index contributed by atoms with van der Waals surface area (Å²) < 4.78 is 6.81. The molecule has 0 aliphatic heterocycles. The van der Waals surface area contributed by atoms with Crippen molar-refractivity contribution in [2.75, 3.05) is 7.11 Å². The summed E-state index contributed by atoms with van der Waals surface area (Å²) in [4.78, 5) is 9.15. The minimum atomic E-state index is 0.487. The van der Waals surface area contributed by atoms with Crippen molar-refractivity contribution >= 4 is 56.2 Å². The summed E-state index contributed by atoms with van der Waals surface area (Å²) in [6.07, 6.45) is 0. The van der Waals surface area contributed by atoms with Crippen LogP contribution in [0.25, 0.3) is 11.0 Å². The summed E-state index contributed by atoms with van der Waals surface area (Å²) in [6, 6.07) is 5.61. The van der Waals surface area contributed by atoms with Gasteiger partial charge in [0.25, 0.3) is 0 Å². The Labute approximate surface area is 132 Å². The molecule has 0 saturated heterocycles. The fraction of sp³-hybridized carbons (Fsp3) is 0.250. The van der Waals surface area contributed by atoms with E-state index >= 15 is 0 Å². The monoisotopic (exact) mass is 465 g/mol. The summed E-state index contributed by atoms with van der Waals surface area (Å²) in [5.41, 5.74) is 3.97. The Bertz CT molecular complexity index is 637. The Hall–Kier alpha value is -0.690. The first-order valence-electron chi connectivity index (χ1n) is 5.13. The quantitative estimate of drug-likeness (QED) is 0.516. The first-order chi connectivity index (χ1) is 8.73. The zero-order valence-corrected chi connectivity index (χ0v) is 13.9. The van der Waals surface area contributed by atoms with E-state index in [1.165, 1.54) is 0 Å². The van der Waals surface area contributed by atoms with Crippen molar-refractivity contribution < 1.29 is 4.74 Å². The number of fused-ring (bicyclic) bond motifs is 1. The SMILES string of the molecule is COc1cc2nc(CI)c(CI)nc2cc1C#N. The molecule has 0 radical (unpaired) electrons. The lowest BCUT2D eigenvalue weighted by atomic mass is 10.1. The molecule has 0 unspecified atom stereocenters. The number of nitrogens with zero attached hydrogens (tertiary/aromatic N) is 3. The molecular formula is C12H9I2N3O. The molecule has 4 nitrogen and oxygen atoms in total. The number of aromatic nitrogens is 2. The van der Waals surface area contributed by atoms with Gasteiger partial charge in [-0.3, -0.25) is 0 Å². The Kier molecular flexibility index (Phi) is 4.55. The third-order valence-corrected chi connectivity index (χ3v) is 3.96. The predicted molar refractivity (Wildman–Crippen MR) is 86.3 cm³/mol. The fourth-order valence-electron chi connectivity index (χ4n) is 1.63. The number of hydrogen-bond acceptors (Lipinski definition) is 4. The van der Waals surface area contributed by atoms with Gasteiger partial charge in [0.15, 0.2) is 0 Å². The minimum Gasteiger partial charge on any atom is -0.495 e. The van der Waals surface area contributed by atoms with Crippen LogP contribution in [0.1, 0.15) is 17.0 Å².